The smallest absolute Gasteiger partial charge is 0.342 e. The van der Waals surface area contributed by atoms with Crippen molar-refractivity contribution in [3.8, 4) is 5.75 Å². The van der Waals surface area contributed by atoms with Gasteiger partial charge in [-0.05, 0) is 25.1 Å². The Hall–Kier alpha value is -2.41. The van der Waals surface area contributed by atoms with Crippen LogP contribution in [0.4, 0.5) is 0 Å². The molecule has 0 N–H and O–H groups in total. The van der Waals surface area contributed by atoms with Gasteiger partial charge in [-0.3, -0.25) is 14.4 Å². The fourth-order valence-corrected chi connectivity index (χ4v) is 1.81. The van der Waals surface area contributed by atoms with Crippen molar-refractivity contribution in [2.24, 2.45) is 5.92 Å². The monoisotopic (exact) mass is 370 g/mol. The number of ketones is 2. The maximum atomic E-state index is 12.0. The quantitative estimate of drug-likeness (QED) is 0.615. The zero-order valence-electron chi connectivity index (χ0n) is 14.2. The Kier molecular flexibility index (Phi) is 8.07. The van der Waals surface area contributed by atoms with Crippen molar-refractivity contribution < 1.29 is 33.4 Å². The Morgan fingerprint density at radius 2 is 1.76 bits per heavy atom. The van der Waals surface area contributed by atoms with Crippen LogP contribution < -0.4 is 4.74 Å². The summed E-state index contributed by atoms with van der Waals surface area (Å²) >= 11 is 5.90. The zero-order valence-corrected chi connectivity index (χ0v) is 14.9. The van der Waals surface area contributed by atoms with Gasteiger partial charge in [0.05, 0.1) is 12.5 Å². The summed E-state index contributed by atoms with van der Waals surface area (Å²) in [5.74, 6) is -2.34. The predicted octanol–water partition coefficient (Wildman–Crippen LogP) is 2.23. The molecule has 136 valence electrons. The lowest BCUT2D eigenvalue weighted by Gasteiger charge is -2.15. The normalized spacial score (nSPS) is 11.4. The maximum absolute atomic E-state index is 12.0. The van der Waals surface area contributed by atoms with Crippen LogP contribution in [0.25, 0.3) is 0 Å². The van der Waals surface area contributed by atoms with Gasteiger partial charge in [0.25, 0.3) is 0 Å². The lowest BCUT2D eigenvalue weighted by Crippen LogP contribution is -2.24. The van der Waals surface area contributed by atoms with Crippen LogP contribution in [0, 0.1) is 5.92 Å². The van der Waals surface area contributed by atoms with Crippen molar-refractivity contribution >= 4 is 35.1 Å². The first-order valence-electron chi connectivity index (χ1n) is 7.45. The third-order valence-electron chi connectivity index (χ3n) is 3.03. The zero-order chi connectivity index (χ0) is 19.0. The fourth-order valence-electron chi connectivity index (χ4n) is 1.65. The van der Waals surface area contributed by atoms with Crippen LogP contribution in [0.15, 0.2) is 18.2 Å². The predicted molar refractivity (Wildman–Crippen MR) is 88.7 cm³/mol. The highest BCUT2D eigenvalue weighted by molar-refractivity contribution is 6.30. The van der Waals surface area contributed by atoms with E-state index in [4.69, 9.17) is 21.1 Å². The topological polar surface area (TPSA) is 96.0 Å². The van der Waals surface area contributed by atoms with Crippen molar-refractivity contribution in [2.45, 2.75) is 20.8 Å². The Morgan fingerprint density at radius 3 is 2.36 bits per heavy atom. The van der Waals surface area contributed by atoms with Gasteiger partial charge in [-0.1, -0.05) is 18.5 Å². The van der Waals surface area contributed by atoms with E-state index in [0.717, 1.165) is 0 Å². The summed E-state index contributed by atoms with van der Waals surface area (Å²) in [6, 6.07) is 4.30. The van der Waals surface area contributed by atoms with Crippen molar-refractivity contribution in [1.29, 1.82) is 0 Å². The second-order valence-corrected chi connectivity index (χ2v) is 5.81. The molecular weight excluding hydrogens is 352 g/mol. The summed E-state index contributed by atoms with van der Waals surface area (Å²) in [5, 5.41) is 0.331. The minimum absolute atomic E-state index is 0.0482. The van der Waals surface area contributed by atoms with E-state index < -0.39 is 17.9 Å². The molecule has 1 rings (SSSR count). The minimum atomic E-state index is -0.735. The third-order valence-corrected chi connectivity index (χ3v) is 3.26. The van der Waals surface area contributed by atoms with Crippen molar-refractivity contribution in [1.82, 2.24) is 0 Å². The summed E-state index contributed by atoms with van der Waals surface area (Å²) in [7, 11) is 0. The number of carbonyl (C=O) groups excluding carboxylic acids is 4. The highest BCUT2D eigenvalue weighted by atomic mass is 35.5. The standard InChI is InChI=1S/C17H19ClO7/c1-10(15(21)9-23-12(3)20)7-24-16-6-13(18)4-5-14(16)17(22)25-8-11(2)19/h4-6,10H,7-9H2,1-3H3. The number of esters is 2. The first-order valence-corrected chi connectivity index (χ1v) is 7.83. The largest absolute Gasteiger partial charge is 0.492 e. The van der Waals surface area contributed by atoms with Gasteiger partial charge in [-0.25, -0.2) is 4.79 Å². The first-order chi connectivity index (χ1) is 11.7. The van der Waals surface area contributed by atoms with Gasteiger partial charge in [0.2, 0.25) is 0 Å². The van der Waals surface area contributed by atoms with Crippen LogP contribution in [0.2, 0.25) is 5.02 Å². The molecule has 0 heterocycles. The van der Waals surface area contributed by atoms with Gasteiger partial charge < -0.3 is 14.2 Å². The molecule has 0 aromatic heterocycles. The molecule has 1 atom stereocenters. The van der Waals surface area contributed by atoms with Gasteiger partial charge in [-0.15, -0.1) is 0 Å². The Bertz CT molecular complexity index is 669. The third kappa shape index (κ3) is 7.34. The number of hydrogen-bond donors (Lipinski definition) is 0. The molecular formula is C17H19ClO7. The molecule has 0 saturated carbocycles. The van der Waals surface area contributed by atoms with Crippen molar-refractivity contribution in [3.05, 3.63) is 28.8 Å². The second-order valence-electron chi connectivity index (χ2n) is 5.38. The van der Waals surface area contributed by atoms with E-state index in [0.29, 0.717) is 5.02 Å². The minimum Gasteiger partial charge on any atom is -0.492 e. The van der Waals surface area contributed by atoms with E-state index in [-0.39, 0.29) is 42.7 Å². The number of ether oxygens (including phenoxy) is 3. The number of carbonyl (C=O) groups is 4. The lowest BCUT2D eigenvalue weighted by atomic mass is 10.1. The average Bonchev–Trinajstić information content (AvgIpc) is 2.55. The van der Waals surface area contributed by atoms with E-state index in [9.17, 15) is 19.2 Å². The molecule has 1 aromatic carbocycles. The summed E-state index contributed by atoms with van der Waals surface area (Å²) in [6.45, 7) is 3.36. The fraction of sp³-hybridized carbons (Fsp3) is 0.412. The van der Waals surface area contributed by atoms with Crippen molar-refractivity contribution in [2.75, 3.05) is 19.8 Å². The molecule has 8 heteroatoms. The van der Waals surface area contributed by atoms with Gasteiger partial charge in [0.15, 0.2) is 11.6 Å². The SMILES string of the molecule is CC(=O)COC(=O)c1ccc(Cl)cc1OCC(C)C(=O)COC(C)=O. The Morgan fingerprint density at radius 1 is 1.08 bits per heavy atom. The second kappa shape index (κ2) is 9.78. The summed E-state index contributed by atoms with van der Waals surface area (Å²) in [5.41, 5.74) is 0.0882. The van der Waals surface area contributed by atoms with Crippen LogP contribution in [0.5, 0.6) is 5.75 Å². The molecule has 1 aromatic rings. The van der Waals surface area contributed by atoms with Crippen LogP contribution in [0.3, 0.4) is 0 Å². The molecule has 0 bridgehead atoms. The molecule has 0 saturated heterocycles. The molecule has 0 aliphatic heterocycles. The molecule has 0 aliphatic rings. The van der Waals surface area contributed by atoms with E-state index in [2.05, 4.69) is 4.74 Å². The Labute approximate surface area is 150 Å². The van der Waals surface area contributed by atoms with Gasteiger partial charge in [-0.2, -0.15) is 0 Å². The summed E-state index contributed by atoms with van der Waals surface area (Å²) in [4.78, 5) is 45.5. The first kappa shape index (κ1) is 20.6. The number of halogens is 1. The van der Waals surface area contributed by atoms with Gasteiger partial charge >= 0.3 is 11.9 Å². The highest BCUT2D eigenvalue weighted by Gasteiger charge is 2.19. The van der Waals surface area contributed by atoms with E-state index >= 15 is 0 Å². The van der Waals surface area contributed by atoms with Crippen LogP contribution in [-0.4, -0.2) is 43.3 Å². The number of rotatable bonds is 9. The molecule has 1 unspecified atom stereocenters. The highest BCUT2D eigenvalue weighted by Crippen LogP contribution is 2.25. The molecule has 0 fully saturated rings. The van der Waals surface area contributed by atoms with E-state index in [1.54, 1.807) is 6.92 Å². The molecule has 0 aliphatic carbocycles. The summed E-state index contributed by atoms with van der Waals surface area (Å²) < 4.78 is 15.0. The lowest BCUT2D eigenvalue weighted by molar-refractivity contribution is -0.147. The molecule has 0 radical (unpaired) electrons. The van der Waals surface area contributed by atoms with Gasteiger partial charge in [0, 0.05) is 11.9 Å². The van der Waals surface area contributed by atoms with E-state index in [1.165, 1.54) is 32.0 Å². The molecule has 0 amide bonds. The average molecular weight is 371 g/mol. The van der Waals surface area contributed by atoms with Gasteiger partial charge in [0.1, 0.15) is 24.5 Å². The number of hydrogen-bond acceptors (Lipinski definition) is 7. The maximum Gasteiger partial charge on any atom is 0.342 e. The molecule has 0 spiro atoms. The van der Waals surface area contributed by atoms with Crippen LogP contribution in [0.1, 0.15) is 31.1 Å². The molecule has 7 nitrogen and oxygen atoms in total. The number of benzene rings is 1. The van der Waals surface area contributed by atoms with Crippen LogP contribution >= 0.6 is 11.6 Å². The van der Waals surface area contributed by atoms with Crippen molar-refractivity contribution in [3.63, 3.8) is 0 Å². The van der Waals surface area contributed by atoms with Crippen LogP contribution in [-0.2, 0) is 23.9 Å². The molecule has 25 heavy (non-hydrogen) atoms. The number of Topliss-reactive ketones (excluding diaryl/α,β-unsaturated/α-hetero) is 2. The van der Waals surface area contributed by atoms with E-state index in [1.807, 2.05) is 0 Å². The Balaban J connectivity index is 2.75. The summed E-state index contributed by atoms with van der Waals surface area (Å²) in [6.07, 6.45) is 0.